The number of aromatic nitrogens is 1. The Morgan fingerprint density at radius 3 is 2.32 bits per heavy atom. The molecule has 0 amide bonds. The molecule has 7 heteroatoms. The lowest BCUT2D eigenvalue weighted by atomic mass is 10.0. The summed E-state index contributed by atoms with van der Waals surface area (Å²) < 4.78 is 33.3. The second-order valence-corrected chi connectivity index (χ2v) is 7.63. The zero-order chi connectivity index (χ0) is 18.2. The van der Waals surface area contributed by atoms with E-state index in [-0.39, 0.29) is 4.90 Å². The zero-order valence-electron chi connectivity index (χ0n) is 14.3. The van der Waals surface area contributed by atoms with E-state index < -0.39 is 15.8 Å². The molecule has 0 saturated heterocycles. The Kier molecular flexibility index (Phi) is 4.43. The molecule has 0 unspecified atom stereocenters. The van der Waals surface area contributed by atoms with Gasteiger partial charge in [-0.05, 0) is 49.1 Å². The van der Waals surface area contributed by atoms with Gasteiger partial charge in [0, 0.05) is 0 Å². The van der Waals surface area contributed by atoms with Gasteiger partial charge in [0.05, 0.1) is 16.1 Å². The van der Waals surface area contributed by atoms with E-state index in [9.17, 15) is 13.2 Å². The van der Waals surface area contributed by atoms with Crippen molar-refractivity contribution in [3.8, 4) is 0 Å². The van der Waals surface area contributed by atoms with Gasteiger partial charge in [0.2, 0.25) is 0 Å². The Labute approximate surface area is 145 Å². The summed E-state index contributed by atoms with van der Waals surface area (Å²) in [5.74, 6) is -0.613. The molecule has 3 aromatic rings. The number of H-pyrrole nitrogens is 1. The van der Waals surface area contributed by atoms with E-state index in [1.54, 1.807) is 0 Å². The normalized spacial score (nSPS) is 11.8. The van der Waals surface area contributed by atoms with Crippen LogP contribution in [0.4, 0.5) is 5.69 Å². The monoisotopic (exact) mass is 360 g/mol. The SMILES string of the molecule is CCc1cc(C)cc(CC)c1NS(=O)(=O)c1ccc2oc(=O)[nH]c2c1. The lowest BCUT2D eigenvalue weighted by Gasteiger charge is -2.17. The number of sulfonamides is 1. The molecule has 2 aromatic carbocycles. The average Bonchev–Trinajstić information content (AvgIpc) is 2.94. The summed E-state index contributed by atoms with van der Waals surface area (Å²) in [6.07, 6.45) is 1.45. The molecule has 25 heavy (non-hydrogen) atoms. The molecule has 0 spiro atoms. The molecule has 0 fully saturated rings. The van der Waals surface area contributed by atoms with Gasteiger partial charge < -0.3 is 4.42 Å². The summed E-state index contributed by atoms with van der Waals surface area (Å²) in [6.45, 7) is 5.99. The van der Waals surface area contributed by atoms with Crippen LogP contribution in [0.5, 0.6) is 0 Å². The van der Waals surface area contributed by atoms with Crippen LogP contribution < -0.4 is 10.5 Å². The fraction of sp³-hybridized carbons (Fsp3) is 0.278. The topological polar surface area (TPSA) is 92.2 Å². The average molecular weight is 360 g/mol. The van der Waals surface area contributed by atoms with E-state index in [1.807, 2.05) is 32.9 Å². The van der Waals surface area contributed by atoms with Gasteiger partial charge in [-0.2, -0.15) is 0 Å². The van der Waals surface area contributed by atoms with Crippen molar-refractivity contribution in [2.75, 3.05) is 4.72 Å². The van der Waals surface area contributed by atoms with Crippen molar-refractivity contribution in [2.45, 2.75) is 38.5 Å². The van der Waals surface area contributed by atoms with E-state index in [2.05, 4.69) is 9.71 Å². The predicted molar refractivity (Wildman–Crippen MR) is 97.6 cm³/mol. The Balaban J connectivity index is 2.07. The van der Waals surface area contributed by atoms with E-state index in [1.165, 1.54) is 18.2 Å². The van der Waals surface area contributed by atoms with Crippen LogP contribution in [0.3, 0.4) is 0 Å². The van der Waals surface area contributed by atoms with Gasteiger partial charge in [-0.1, -0.05) is 31.5 Å². The maximum Gasteiger partial charge on any atom is 0.417 e. The van der Waals surface area contributed by atoms with Gasteiger partial charge in [0.1, 0.15) is 0 Å². The largest absolute Gasteiger partial charge is 0.417 e. The molecule has 1 heterocycles. The number of rotatable bonds is 5. The lowest BCUT2D eigenvalue weighted by molar-refractivity contribution is 0.555. The van der Waals surface area contributed by atoms with Crippen molar-refractivity contribution in [3.05, 3.63) is 57.6 Å². The number of benzene rings is 2. The predicted octanol–water partition coefficient (Wildman–Crippen LogP) is 3.36. The number of aryl methyl sites for hydroxylation is 3. The van der Waals surface area contributed by atoms with Crippen molar-refractivity contribution in [1.82, 2.24) is 4.98 Å². The van der Waals surface area contributed by atoms with Crippen LogP contribution in [-0.2, 0) is 22.9 Å². The number of fused-ring (bicyclic) bond motifs is 1. The van der Waals surface area contributed by atoms with E-state index in [0.29, 0.717) is 16.8 Å². The van der Waals surface area contributed by atoms with Crippen LogP contribution in [0, 0.1) is 6.92 Å². The van der Waals surface area contributed by atoms with Crippen molar-refractivity contribution in [2.24, 2.45) is 0 Å². The first-order chi connectivity index (χ1) is 11.8. The highest BCUT2D eigenvalue weighted by Crippen LogP contribution is 2.28. The van der Waals surface area contributed by atoms with E-state index >= 15 is 0 Å². The fourth-order valence-electron chi connectivity index (χ4n) is 2.92. The summed E-state index contributed by atoms with van der Waals surface area (Å²) in [5, 5.41) is 0. The maximum absolute atomic E-state index is 12.8. The lowest BCUT2D eigenvalue weighted by Crippen LogP contribution is -2.16. The summed E-state index contributed by atoms with van der Waals surface area (Å²) in [4.78, 5) is 13.8. The first-order valence-electron chi connectivity index (χ1n) is 8.12. The highest BCUT2D eigenvalue weighted by atomic mass is 32.2. The second kappa shape index (κ2) is 6.40. The van der Waals surface area contributed by atoms with Crippen LogP contribution in [0.25, 0.3) is 11.1 Å². The van der Waals surface area contributed by atoms with Crippen molar-refractivity contribution in [1.29, 1.82) is 0 Å². The number of hydrogen-bond acceptors (Lipinski definition) is 4. The molecule has 132 valence electrons. The Bertz CT molecular complexity index is 1070. The van der Waals surface area contributed by atoms with Gasteiger partial charge in [0.25, 0.3) is 10.0 Å². The van der Waals surface area contributed by atoms with Gasteiger partial charge in [-0.15, -0.1) is 0 Å². The van der Waals surface area contributed by atoms with Crippen molar-refractivity contribution in [3.63, 3.8) is 0 Å². The van der Waals surface area contributed by atoms with Crippen LogP contribution >= 0.6 is 0 Å². The molecule has 0 aliphatic rings. The molecule has 2 N–H and O–H groups in total. The minimum atomic E-state index is -3.79. The number of nitrogens with one attached hydrogen (secondary N) is 2. The minimum Gasteiger partial charge on any atom is -0.408 e. The number of hydrogen-bond donors (Lipinski definition) is 2. The molecule has 0 aliphatic carbocycles. The quantitative estimate of drug-likeness (QED) is 0.730. The number of aromatic amines is 1. The van der Waals surface area contributed by atoms with E-state index in [4.69, 9.17) is 4.42 Å². The minimum absolute atomic E-state index is 0.0710. The van der Waals surface area contributed by atoms with Crippen LogP contribution in [0.15, 0.2) is 44.4 Å². The summed E-state index contributed by atoms with van der Waals surface area (Å²) in [7, 11) is -3.79. The molecule has 0 saturated carbocycles. The van der Waals surface area contributed by atoms with Crippen LogP contribution in [-0.4, -0.2) is 13.4 Å². The standard InChI is InChI=1S/C18H20N2O4S/c1-4-12-8-11(3)9-13(5-2)17(12)20-25(22,23)14-6-7-16-15(10-14)19-18(21)24-16/h6-10,20H,4-5H2,1-3H3,(H,19,21). The Morgan fingerprint density at radius 2 is 1.72 bits per heavy atom. The smallest absolute Gasteiger partial charge is 0.408 e. The van der Waals surface area contributed by atoms with Crippen LogP contribution in [0.1, 0.15) is 30.5 Å². The molecular formula is C18H20N2O4S. The van der Waals surface area contributed by atoms with Gasteiger partial charge in [-0.3, -0.25) is 9.71 Å². The first kappa shape index (κ1) is 17.3. The summed E-state index contributed by atoms with van der Waals surface area (Å²) in [6, 6.07) is 8.28. The molecule has 0 aliphatic heterocycles. The van der Waals surface area contributed by atoms with Gasteiger partial charge in [0.15, 0.2) is 5.58 Å². The highest BCUT2D eigenvalue weighted by molar-refractivity contribution is 7.92. The number of anilines is 1. The Morgan fingerprint density at radius 1 is 1.08 bits per heavy atom. The van der Waals surface area contributed by atoms with E-state index in [0.717, 1.165) is 29.5 Å². The summed E-state index contributed by atoms with van der Waals surface area (Å²) >= 11 is 0. The third-order valence-corrected chi connectivity index (χ3v) is 5.49. The number of oxazole rings is 1. The third-order valence-electron chi connectivity index (χ3n) is 4.14. The summed E-state index contributed by atoms with van der Waals surface area (Å²) in [5.41, 5.74) is 4.33. The van der Waals surface area contributed by atoms with Gasteiger partial charge >= 0.3 is 5.76 Å². The Hall–Kier alpha value is -2.54. The zero-order valence-corrected chi connectivity index (χ0v) is 15.2. The second-order valence-electron chi connectivity index (χ2n) is 5.94. The molecule has 3 rings (SSSR count). The molecule has 6 nitrogen and oxygen atoms in total. The highest BCUT2D eigenvalue weighted by Gasteiger charge is 2.19. The molecule has 0 radical (unpaired) electrons. The molecule has 0 atom stereocenters. The van der Waals surface area contributed by atoms with Crippen molar-refractivity contribution >= 4 is 26.8 Å². The maximum atomic E-state index is 12.8. The first-order valence-corrected chi connectivity index (χ1v) is 9.60. The van der Waals surface area contributed by atoms with Crippen molar-refractivity contribution < 1.29 is 12.8 Å². The molecule has 1 aromatic heterocycles. The van der Waals surface area contributed by atoms with Gasteiger partial charge in [-0.25, -0.2) is 13.2 Å². The third kappa shape index (κ3) is 3.32. The molecule has 0 bridgehead atoms. The fourth-order valence-corrected chi connectivity index (χ4v) is 4.09. The van der Waals surface area contributed by atoms with Crippen LogP contribution in [0.2, 0.25) is 0 Å². The molecular weight excluding hydrogens is 340 g/mol.